The van der Waals surface area contributed by atoms with E-state index in [0.29, 0.717) is 5.69 Å². The van der Waals surface area contributed by atoms with Gasteiger partial charge in [-0.25, -0.2) is 14.4 Å². The van der Waals surface area contributed by atoms with Crippen molar-refractivity contribution in [2.75, 3.05) is 5.32 Å². The molecule has 0 spiro atoms. The van der Waals surface area contributed by atoms with E-state index in [4.69, 9.17) is 4.98 Å². The van der Waals surface area contributed by atoms with Gasteiger partial charge in [-0.05, 0) is 43.0 Å². The second-order valence-electron chi connectivity index (χ2n) is 6.47. The van der Waals surface area contributed by atoms with E-state index >= 15 is 0 Å². The summed E-state index contributed by atoms with van der Waals surface area (Å²) in [6.07, 6.45) is 6.52. The Morgan fingerprint density at radius 2 is 1.83 bits per heavy atom. The predicted octanol–water partition coefficient (Wildman–Crippen LogP) is 2.37. The molecule has 2 aromatic heterocycles. The Bertz CT molecular complexity index is 933. The van der Waals surface area contributed by atoms with E-state index in [1.807, 2.05) is 18.2 Å². The SMILES string of the molecule is [CH2-]C(C)=O.[CH2-]CCC([CH2-])c1cc(Nc2cccc(F)c2)cc(-c2cncnc2)n1.[Li+]. The van der Waals surface area contributed by atoms with Crippen LogP contribution in [-0.4, -0.2) is 20.7 Å². The molecule has 152 valence electrons. The van der Waals surface area contributed by atoms with Crippen LogP contribution < -0.4 is 24.2 Å². The van der Waals surface area contributed by atoms with Crippen LogP contribution in [0.5, 0.6) is 0 Å². The standard InChI is InChI=1S/C20H19FN4.C3H5O.Li/c1-3-5-14(2)19-9-18(24-17-7-4-6-16(21)8-17)10-20(25-19)15-11-22-13-23-12-15;1-3(2)4;/h4,6-14H,1-3,5H2,(H,24,25);1H2,2H3;/q-2;-1;+1. The number of hydrogen-bond donors (Lipinski definition) is 1. The van der Waals surface area contributed by atoms with Crippen LogP contribution in [0.25, 0.3) is 11.3 Å². The first-order valence-electron chi connectivity index (χ1n) is 9.14. The summed E-state index contributed by atoms with van der Waals surface area (Å²) >= 11 is 0. The molecule has 7 heteroatoms. The van der Waals surface area contributed by atoms with Gasteiger partial charge in [0, 0.05) is 35.0 Å². The van der Waals surface area contributed by atoms with E-state index in [2.05, 4.69) is 36.1 Å². The molecule has 1 aromatic carbocycles. The zero-order valence-electron chi connectivity index (χ0n) is 17.4. The second-order valence-corrected chi connectivity index (χ2v) is 6.47. The second kappa shape index (κ2) is 12.8. The number of anilines is 2. The van der Waals surface area contributed by atoms with Gasteiger partial charge in [-0.15, -0.1) is 5.92 Å². The molecule has 5 nitrogen and oxygen atoms in total. The quantitative estimate of drug-likeness (QED) is 0.510. The number of carbonyl (C=O) groups excluding carboxylic acids is 1. The molecule has 0 aliphatic carbocycles. The summed E-state index contributed by atoms with van der Waals surface area (Å²) < 4.78 is 13.4. The van der Waals surface area contributed by atoms with Crippen molar-refractivity contribution in [3.8, 4) is 11.3 Å². The number of ketones is 1. The number of Topliss-reactive ketones (excluding diaryl/α,β-unsaturated/α-hetero) is 1. The Labute approximate surface area is 189 Å². The van der Waals surface area contributed by atoms with Crippen LogP contribution in [0.2, 0.25) is 0 Å². The fourth-order valence-electron chi connectivity index (χ4n) is 2.54. The maximum absolute atomic E-state index is 13.4. The third-order valence-electron chi connectivity index (χ3n) is 3.79. The van der Waals surface area contributed by atoms with Crippen molar-refractivity contribution in [3.63, 3.8) is 0 Å². The van der Waals surface area contributed by atoms with Crippen molar-refractivity contribution in [3.05, 3.63) is 87.4 Å². The Hall–Kier alpha value is -2.68. The predicted molar refractivity (Wildman–Crippen MR) is 114 cm³/mol. The first-order valence-corrected chi connectivity index (χ1v) is 9.14. The van der Waals surface area contributed by atoms with E-state index in [1.54, 1.807) is 18.5 Å². The molecule has 30 heavy (non-hydrogen) atoms. The van der Waals surface area contributed by atoms with Crippen LogP contribution in [0.3, 0.4) is 0 Å². The van der Waals surface area contributed by atoms with Gasteiger partial charge in [0.25, 0.3) is 0 Å². The van der Waals surface area contributed by atoms with Gasteiger partial charge >= 0.3 is 18.9 Å². The van der Waals surface area contributed by atoms with Crippen LogP contribution in [-0.2, 0) is 4.79 Å². The summed E-state index contributed by atoms with van der Waals surface area (Å²) in [5, 5.41) is 3.23. The molecule has 0 radical (unpaired) electrons. The van der Waals surface area contributed by atoms with Gasteiger partial charge in [0.2, 0.25) is 0 Å². The summed E-state index contributed by atoms with van der Waals surface area (Å²) in [5.74, 6) is -0.349. The van der Waals surface area contributed by atoms with E-state index in [0.717, 1.165) is 35.5 Å². The average Bonchev–Trinajstić information content (AvgIpc) is 2.68. The smallest absolute Gasteiger partial charge is 0.355 e. The van der Waals surface area contributed by atoms with Gasteiger partial charge in [-0.3, -0.25) is 4.98 Å². The molecular weight excluding hydrogens is 374 g/mol. The number of pyridine rings is 1. The third kappa shape index (κ3) is 8.36. The van der Waals surface area contributed by atoms with Crippen LogP contribution in [0.15, 0.2) is 55.1 Å². The largest absolute Gasteiger partial charge is 1.00 e. The first kappa shape index (κ1) is 25.4. The minimum absolute atomic E-state index is 0. The number of benzene rings is 1. The topological polar surface area (TPSA) is 67.8 Å². The van der Waals surface area contributed by atoms with Gasteiger partial charge < -0.3 is 30.9 Å². The Kier molecular flexibility index (Phi) is 10.8. The molecule has 0 amide bonds. The fourth-order valence-corrected chi connectivity index (χ4v) is 2.54. The van der Waals surface area contributed by atoms with Crippen molar-refractivity contribution >= 4 is 17.2 Å². The maximum atomic E-state index is 13.4. The van der Waals surface area contributed by atoms with E-state index in [9.17, 15) is 9.18 Å². The van der Waals surface area contributed by atoms with Crippen molar-refractivity contribution in [2.45, 2.75) is 25.7 Å². The normalized spacial score (nSPS) is 10.8. The van der Waals surface area contributed by atoms with Crippen LogP contribution in [0, 0.1) is 26.6 Å². The van der Waals surface area contributed by atoms with Crippen molar-refractivity contribution in [1.29, 1.82) is 0 Å². The Morgan fingerprint density at radius 1 is 1.17 bits per heavy atom. The molecule has 3 rings (SSSR count). The van der Waals surface area contributed by atoms with Crippen LogP contribution in [0.4, 0.5) is 15.8 Å². The molecule has 3 aromatic rings. The first-order chi connectivity index (χ1) is 13.9. The number of nitrogens with one attached hydrogen (secondary N) is 1. The fraction of sp³-hybridized carbons (Fsp3) is 0.174. The molecular formula is C23H24FLiN4O-2. The molecule has 0 aliphatic heterocycles. The molecule has 1 atom stereocenters. The summed E-state index contributed by atoms with van der Waals surface area (Å²) in [6.45, 7) is 12.5. The number of hydrogen-bond acceptors (Lipinski definition) is 5. The number of nitrogens with zero attached hydrogens (tertiary/aromatic N) is 3. The van der Waals surface area contributed by atoms with Crippen molar-refractivity contribution in [2.24, 2.45) is 0 Å². The third-order valence-corrected chi connectivity index (χ3v) is 3.79. The molecule has 2 heterocycles. The van der Waals surface area contributed by atoms with E-state index in [-0.39, 0.29) is 36.4 Å². The van der Waals surface area contributed by atoms with Crippen molar-refractivity contribution in [1.82, 2.24) is 15.0 Å². The van der Waals surface area contributed by atoms with Crippen molar-refractivity contribution < 1.29 is 28.0 Å². The summed E-state index contributed by atoms with van der Waals surface area (Å²) in [6, 6.07) is 10.2. The zero-order chi connectivity index (χ0) is 21.2. The number of aromatic nitrogens is 3. The van der Waals surface area contributed by atoms with Gasteiger partial charge in [0.15, 0.2) is 0 Å². The number of halogens is 1. The minimum Gasteiger partial charge on any atom is -0.355 e. The Morgan fingerprint density at radius 3 is 2.43 bits per heavy atom. The van der Waals surface area contributed by atoms with Gasteiger partial charge in [-0.2, -0.15) is 6.42 Å². The van der Waals surface area contributed by atoms with Gasteiger partial charge in [-0.1, -0.05) is 12.5 Å². The van der Waals surface area contributed by atoms with Crippen LogP contribution in [0.1, 0.15) is 31.4 Å². The average molecular weight is 398 g/mol. The molecule has 0 saturated heterocycles. The van der Waals surface area contributed by atoms with E-state index in [1.165, 1.54) is 25.4 Å². The monoisotopic (exact) mass is 398 g/mol. The summed E-state index contributed by atoms with van der Waals surface area (Å²) in [4.78, 5) is 22.1. The van der Waals surface area contributed by atoms with Crippen LogP contribution >= 0.6 is 0 Å². The molecule has 0 fully saturated rings. The van der Waals surface area contributed by atoms with E-state index < -0.39 is 0 Å². The number of carbonyl (C=O) groups is 1. The van der Waals surface area contributed by atoms with Gasteiger partial charge in [0.05, 0.1) is 5.69 Å². The molecule has 1 N–H and O–H groups in total. The molecule has 1 unspecified atom stereocenters. The maximum Gasteiger partial charge on any atom is 1.00 e. The summed E-state index contributed by atoms with van der Waals surface area (Å²) in [5.41, 5.74) is 3.89. The number of rotatable bonds is 6. The summed E-state index contributed by atoms with van der Waals surface area (Å²) in [7, 11) is 0. The molecule has 0 saturated carbocycles. The minimum atomic E-state index is -0.289. The van der Waals surface area contributed by atoms with Gasteiger partial charge in [0.1, 0.15) is 12.1 Å². The zero-order valence-corrected chi connectivity index (χ0v) is 17.4. The molecule has 0 bridgehead atoms. The Balaban J connectivity index is 0.000000827. The molecule has 0 aliphatic rings.